The van der Waals surface area contributed by atoms with E-state index in [1.165, 1.54) is 0 Å². The smallest absolute Gasteiger partial charge is 0.405 e. The van der Waals surface area contributed by atoms with Crippen molar-refractivity contribution in [2.75, 3.05) is 13.2 Å². The molecule has 0 saturated carbocycles. The average Bonchev–Trinajstić information content (AvgIpc) is 2.59. The van der Waals surface area contributed by atoms with Crippen LogP contribution >= 0.6 is 11.3 Å². The van der Waals surface area contributed by atoms with Crippen LogP contribution < -0.4 is 5.46 Å². The van der Waals surface area contributed by atoms with Gasteiger partial charge in [0.15, 0.2) is 0 Å². The molecule has 1 aromatic heterocycles. The molecule has 2 nitrogen and oxygen atoms in total. The SMILES string of the molecule is c1cc(B2OCCO2)cs1. The summed E-state index contributed by atoms with van der Waals surface area (Å²) in [6.45, 7) is 1.45. The maximum atomic E-state index is 5.28. The van der Waals surface area contributed by atoms with Gasteiger partial charge in [0.05, 0.1) is 13.2 Å². The first-order valence-corrected chi connectivity index (χ1v) is 4.16. The minimum Gasteiger partial charge on any atom is -0.405 e. The van der Waals surface area contributed by atoms with Gasteiger partial charge in [0.25, 0.3) is 0 Å². The van der Waals surface area contributed by atoms with E-state index in [9.17, 15) is 0 Å². The Balaban J connectivity index is 2.12. The van der Waals surface area contributed by atoms with Gasteiger partial charge in [-0.3, -0.25) is 0 Å². The van der Waals surface area contributed by atoms with Crippen molar-refractivity contribution in [3.63, 3.8) is 0 Å². The number of thiophene rings is 1. The first kappa shape index (κ1) is 6.40. The molecule has 0 bridgehead atoms. The van der Waals surface area contributed by atoms with E-state index < -0.39 is 0 Å². The van der Waals surface area contributed by atoms with Crippen molar-refractivity contribution in [2.24, 2.45) is 0 Å². The number of hydrogen-bond donors (Lipinski definition) is 0. The minimum atomic E-state index is -0.0914. The third kappa shape index (κ3) is 1.10. The van der Waals surface area contributed by atoms with Crippen molar-refractivity contribution in [2.45, 2.75) is 0 Å². The molecular weight excluding hydrogens is 147 g/mol. The van der Waals surface area contributed by atoms with Crippen molar-refractivity contribution in [3.8, 4) is 0 Å². The molecule has 0 spiro atoms. The van der Waals surface area contributed by atoms with Gasteiger partial charge in [-0.1, -0.05) is 6.07 Å². The third-order valence-corrected chi connectivity index (χ3v) is 2.14. The lowest BCUT2D eigenvalue weighted by molar-refractivity contribution is 0.365. The second kappa shape index (κ2) is 2.74. The van der Waals surface area contributed by atoms with Crippen LogP contribution in [0.1, 0.15) is 0 Å². The highest BCUT2D eigenvalue weighted by Crippen LogP contribution is 2.02. The summed E-state index contributed by atoms with van der Waals surface area (Å²) in [5.74, 6) is 0. The summed E-state index contributed by atoms with van der Waals surface area (Å²) in [6.07, 6.45) is 0. The summed E-state index contributed by atoms with van der Waals surface area (Å²) in [6, 6.07) is 2.03. The Bertz CT molecular complexity index is 194. The monoisotopic (exact) mass is 154 g/mol. The van der Waals surface area contributed by atoms with Gasteiger partial charge >= 0.3 is 7.12 Å². The van der Waals surface area contributed by atoms with Crippen LogP contribution in [-0.2, 0) is 9.31 Å². The molecule has 0 atom stereocenters. The predicted molar refractivity (Wildman–Crippen MR) is 41.6 cm³/mol. The van der Waals surface area contributed by atoms with Gasteiger partial charge in [-0.15, -0.1) is 0 Å². The molecule has 0 N–H and O–H groups in total. The Morgan fingerprint density at radius 2 is 2.20 bits per heavy atom. The summed E-state index contributed by atoms with van der Waals surface area (Å²) < 4.78 is 10.6. The van der Waals surface area contributed by atoms with E-state index in [0.717, 1.165) is 18.7 Å². The minimum absolute atomic E-state index is 0.0914. The Labute approximate surface area is 63.9 Å². The first-order chi connectivity index (χ1) is 4.97. The summed E-state index contributed by atoms with van der Waals surface area (Å²) in [4.78, 5) is 0. The van der Waals surface area contributed by atoms with Gasteiger partial charge in [0.2, 0.25) is 0 Å². The van der Waals surface area contributed by atoms with Crippen LogP contribution in [0.3, 0.4) is 0 Å². The molecule has 2 heterocycles. The zero-order valence-electron chi connectivity index (χ0n) is 5.45. The average molecular weight is 154 g/mol. The molecule has 1 saturated heterocycles. The summed E-state index contributed by atoms with van der Waals surface area (Å²) >= 11 is 1.67. The van der Waals surface area contributed by atoms with E-state index in [1.54, 1.807) is 11.3 Å². The maximum absolute atomic E-state index is 5.28. The van der Waals surface area contributed by atoms with Gasteiger partial charge in [-0.25, -0.2) is 0 Å². The van der Waals surface area contributed by atoms with Gasteiger partial charge in [0.1, 0.15) is 0 Å². The van der Waals surface area contributed by atoms with E-state index in [4.69, 9.17) is 9.31 Å². The van der Waals surface area contributed by atoms with E-state index in [1.807, 2.05) is 11.4 Å². The Kier molecular flexibility index (Phi) is 1.75. The normalized spacial score (nSPS) is 18.2. The standard InChI is InChI=1S/C6H7BO2S/c1-4-10-5-6(1)7-8-2-3-9-7/h1,4-5H,2-3H2. The van der Waals surface area contributed by atoms with Crippen molar-refractivity contribution in [1.29, 1.82) is 0 Å². The van der Waals surface area contributed by atoms with Crippen LogP contribution in [0.2, 0.25) is 0 Å². The highest BCUT2D eigenvalue weighted by Gasteiger charge is 2.25. The van der Waals surface area contributed by atoms with Crippen molar-refractivity contribution >= 4 is 23.9 Å². The second-order valence-corrected chi connectivity index (χ2v) is 2.91. The third-order valence-electron chi connectivity index (χ3n) is 1.44. The molecule has 4 heteroatoms. The molecule has 0 unspecified atom stereocenters. The fourth-order valence-electron chi connectivity index (χ4n) is 0.960. The maximum Gasteiger partial charge on any atom is 0.494 e. The van der Waals surface area contributed by atoms with E-state index in [0.29, 0.717) is 0 Å². The van der Waals surface area contributed by atoms with Crippen LogP contribution in [-0.4, -0.2) is 20.3 Å². The molecule has 1 fully saturated rings. The summed E-state index contributed by atoms with van der Waals surface area (Å²) in [7, 11) is -0.0914. The molecule has 0 aromatic carbocycles. The predicted octanol–water partition coefficient (Wildman–Crippen LogP) is 0.490. The Morgan fingerprint density at radius 3 is 2.80 bits per heavy atom. The summed E-state index contributed by atoms with van der Waals surface area (Å²) in [5.41, 5.74) is 1.14. The fourth-order valence-corrected chi connectivity index (χ4v) is 1.62. The molecule has 1 aromatic rings. The molecule has 0 amide bonds. The second-order valence-electron chi connectivity index (χ2n) is 2.13. The van der Waals surface area contributed by atoms with Crippen LogP contribution in [0, 0.1) is 0 Å². The van der Waals surface area contributed by atoms with Gasteiger partial charge in [0, 0.05) is 0 Å². The zero-order chi connectivity index (χ0) is 6.81. The van der Waals surface area contributed by atoms with E-state index >= 15 is 0 Å². The first-order valence-electron chi connectivity index (χ1n) is 3.22. The van der Waals surface area contributed by atoms with Gasteiger partial charge in [-0.2, -0.15) is 11.3 Å². The molecule has 52 valence electrons. The molecule has 0 radical (unpaired) electrons. The lowest BCUT2D eigenvalue weighted by Crippen LogP contribution is -2.29. The molecular formula is C6H7BO2S. The van der Waals surface area contributed by atoms with Crippen LogP contribution in [0.25, 0.3) is 0 Å². The molecule has 1 aliphatic heterocycles. The molecule has 0 aliphatic carbocycles. The summed E-state index contributed by atoms with van der Waals surface area (Å²) in [5, 5.41) is 4.08. The van der Waals surface area contributed by atoms with Crippen LogP contribution in [0.15, 0.2) is 16.8 Å². The lowest BCUT2D eigenvalue weighted by Gasteiger charge is -1.97. The molecule has 2 rings (SSSR count). The zero-order valence-corrected chi connectivity index (χ0v) is 6.26. The molecule has 1 aliphatic rings. The quantitative estimate of drug-likeness (QED) is 0.548. The lowest BCUT2D eigenvalue weighted by atomic mass is 9.82. The van der Waals surface area contributed by atoms with E-state index in [-0.39, 0.29) is 7.12 Å². The highest BCUT2D eigenvalue weighted by molar-refractivity contribution is 7.09. The van der Waals surface area contributed by atoms with Gasteiger partial charge in [-0.05, 0) is 16.2 Å². The number of hydrogen-bond acceptors (Lipinski definition) is 3. The Morgan fingerprint density at radius 1 is 1.40 bits per heavy atom. The molecule has 10 heavy (non-hydrogen) atoms. The Hall–Kier alpha value is -0.315. The largest absolute Gasteiger partial charge is 0.494 e. The van der Waals surface area contributed by atoms with E-state index in [2.05, 4.69) is 5.38 Å². The van der Waals surface area contributed by atoms with Gasteiger partial charge < -0.3 is 9.31 Å². The van der Waals surface area contributed by atoms with Crippen molar-refractivity contribution in [1.82, 2.24) is 0 Å². The van der Waals surface area contributed by atoms with Crippen molar-refractivity contribution in [3.05, 3.63) is 16.8 Å². The van der Waals surface area contributed by atoms with Crippen LogP contribution in [0.4, 0.5) is 0 Å². The highest BCUT2D eigenvalue weighted by atomic mass is 32.1. The fraction of sp³-hybridized carbons (Fsp3) is 0.333. The number of rotatable bonds is 1. The van der Waals surface area contributed by atoms with Crippen LogP contribution in [0.5, 0.6) is 0 Å². The topological polar surface area (TPSA) is 18.5 Å². The van der Waals surface area contributed by atoms with Crippen molar-refractivity contribution < 1.29 is 9.31 Å².